The van der Waals surface area contributed by atoms with Gasteiger partial charge in [-0.1, -0.05) is 18.2 Å². The first-order valence-electron chi connectivity index (χ1n) is 7.97. The number of anilines is 2. The molecule has 0 spiro atoms. The molecule has 1 aliphatic rings. The van der Waals surface area contributed by atoms with Crippen molar-refractivity contribution in [1.82, 2.24) is 0 Å². The van der Waals surface area contributed by atoms with Crippen molar-refractivity contribution in [3.63, 3.8) is 0 Å². The number of hydrogen-bond acceptors (Lipinski definition) is 5. The van der Waals surface area contributed by atoms with Crippen LogP contribution in [-0.2, 0) is 4.74 Å². The Morgan fingerprint density at radius 3 is 2.38 bits per heavy atom. The van der Waals surface area contributed by atoms with E-state index in [0.717, 1.165) is 29.9 Å². The fraction of sp³-hybridized carbons (Fsp3) is 0.211. The second kappa shape index (κ2) is 6.02. The molecular formula is C19H18N2O3. The summed E-state index contributed by atoms with van der Waals surface area (Å²) in [6, 6.07) is 14.9. The minimum Gasteiger partial charge on any atom is -0.440 e. The molecule has 1 fully saturated rings. The molecule has 0 atom stereocenters. The molecule has 2 N–H and O–H groups in total. The molecule has 122 valence electrons. The molecule has 0 aliphatic carbocycles. The zero-order valence-electron chi connectivity index (χ0n) is 13.2. The van der Waals surface area contributed by atoms with Gasteiger partial charge in [0.2, 0.25) is 0 Å². The van der Waals surface area contributed by atoms with E-state index in [2.05, 4.69) is 0 Å². The number of nitrogens with zero attached hydrogens (tertiary/aromatic N) is 1. The third-order valence-electron chi connectivity index (χ3n) is 4.28. The number of nitrogen functional groups attached to an aromatic ring is 1. The molecule has 1 aromatic heterocycles. The average molecular weight is 322 g/mol. The first kappa shape index (κ1) is 14.8. The summed E-state index contributed by atoms with van der Waals surface area (Å²) in [7, 11) is 0. The highest BCUT2D eigenvalue weighted by Crippen LogP contribution is 2.26. The van der Waals surface area contributed by atoms with Crippen LogP contribution in [0.25, 0.3) is 22.1 Å². The van der Waals surface area contributed by atoms with Crippen molar-refractivity contribution in [3.05, 3.63) is 58.8 Å². The van der Waals surface area contributed by atoms with E-state index < -0.39 is 0 Å². The zero-order chi connectivity index (χ0) is 16.5. The van der Waals surface area contributed by atoms with Crippen molar-refractivity contribution >= 4 is 22.5 Å². The van der Waals surface area contributed by atoms with Gasteiger partial charge in [0.1, 0.15) is 5.58 Å². The number of rotatable bonds is 2. The molecule has 2 heterocycles. The number of nitrogens with two attached hydrogens (primary N) is 1. The molecule has 1 saturated heterocycles. The Bertz CT molecular complexity index is 925. The van der Waals surface area contributed by atoms with Gasteiger partial charge in [-0.2, -0.15) is 0 Å². The molecule has 0 bridgehead atoms. The molecule has 24 heavy (non-hydrogen) atoms. The smallest absolute Gasteiger partial charge is 0.200 e. The SMILES string of the molecule is Nc1ccc(-c2ccc3c(=O)cc(N4CCOCC4)oc3c2)cc1. The van der Waals surface area contributed by atoms with Gasteiger partial charge in [-0.25, -0.2) is 0 Å². The molecule has 3 aromatic rings. The van der Waals surface area contributed by atoms with Crippen LogP contribution in [0.5, 0.6) is 0 Å². The summed E-state index contributed by atoms with van der Waals surface area (Å²) in [6.07, 6.45) is 0. The zero-order valence-corrected chi connectivity index (χ0v) is 13.2. The van der Waals surface area contributed by atoms with Crippen LogP contribution >= 0.6 is 0 Å². The van der Waals surface area contributed by atoms with Crippen LogP contribution in [0.1, 0.15) is 0 Å². The van der Waals surface area contributed by atoms with Crippen molar-refractivity contribution in [2.45, 2.75) is 0 Å². The third-order valence-corrected chi connectivity index (χ3v) is 4.28. The van der Waals surface area contributed by atoms with Crippen LogP contribution in [0.3, 0.4) is 0 Å². The summed E-state index contributed by atoms with van der Waals surface area (Å²) in [5.41, 5.74) is 9.06. The van der Waals surface area contributed by atoms with Crippen molar-refractivity contribution in [2.75, 3.05) is 36.9 Å². The molecule has 5 heteroatoms. The van der Waals surface area contributed by atoms with Crippen LogP contribution in [0.4, 0.5) is 11.6 Å². The van der Waals surface area contributed by atoms with E-state index in [1.165, 1.54) is 0 Å². The standard InChI is InChI=1S/C19H18N2O3/c20-15-4-1-13(2-5-15)14-3-6-16-17(22)12-19(24-18(16)11-14)21-7-9-23-10-8-21/h1-6,11-12H,7-10,20H2. The van der Waals surface area contributed by atoms with Crippen LogP contribution in [0.15, 0.2) is 57.7 Å². The highest BCUT2D eigenvalue weighted by atomic mass is 16.5. The largest absolute Gasteiger partial charge is 0.440 e. The van der Waals surface area contributed by atoms with Crippen LogP contribution < -0.4 is 16.1 Å². The summed E-state index contributed by atoms with van der Waals surface area (Å²) < 4.78 is 11.4. The van der Waals surface area contributed by atoms with Crippen molar-refractivity contribution < 1.29 is 9.15 Å². The van der Waals surface area contributed by atoms with Gasteiger partial charge in [-0.3, -0.25) is 4.79 Å². The van der Waals surface area contributed by atoms with E-state index in [4.69, 9.17) is 14.9 Å². The van der Waals surface area contributed by atoms with Gasteiger partial charge in [-0.05, 0) is 35.4 Å². The van der Waals surface area contributed by atoms with Crippen LogP contribution in [0, 0.1) is 0 Å². The monoisotopic (exact) mass is 322 g/mol. The number of benzene rings is 2. The third kappa shape index (κ3) is 2.74. The fourth-order valence-corrected chi connectivity index (χ4v) is 2.94. The van der Waals surface area contributed by atoms with Gasteiger partial charge in [0.05, 0.1) is 18.6 Å². The van der Waals surface area contributed by atoms with E-state index in [-0.39, 0.29) is 5.43 Å². The van der Waals surface area contributed by atoms with Gasteiger partial charge in [0.15, 0.2) is 11.3 Å². The van der Waals surface area contributed by atoms with E-state index in [0.29, 0.717) is 30.1 Å². The van der Waals surface area contributed by atoms with Crippen molar-refractivity contribution in [3.8, 4) is 11.1 Å². The summed E-state index contributed by atoms with van der Waals surface area (Å²) >= 11 is 0. The molecule has 0 amide bonds. The molecular weight excluding hydrogens is 304 g/mol. The topological polar surface area (TPSA) is 68.7 Å². The van der Waals surface area contributed by atoms with E-state index >= 15 is 0 Å². The molecule has 4 rings (SSSR count). The van der Waals surface area contributed by atoms with Crippen molar-refractivity contribution in [2.24, 2.45) is 0 Å². The number of hydrogen-bond donors (Lipinski definition) is 1. The lowest BCUT2D eigenvalue weighted by Gasteiger charge is -2.27. The number of fused-ring (bicyclic) bond motifs is 1. The lowest BCUT2D eigenvalue weighted by Crippen LogP contribution is -2.36. The fourth-order valence-electron chi connectivity index (χ4n) is 2.94. The molecule has 2 aromatic carbocycles. The summed E-state index contributed by atoms with van der Waals surface area (Å²) in [5.74, 6) is 0.602. The minimum atomic E-state index is -0.0263. The highest BCUT2D eigenvalue weighted by molar-refractivity contribution is 5.83. The van der Waals surface area contributed by atoms with Gasteiger partial charge in [0.25, 0.3) is 0 Å². The maximum Gasteiger partial charge on any atom is 0.200 e. The normalized spacial score (nSPS) is 14.9. The first-order valence-corrected chi connectivity index (χ1v) is 7.97. The molecule has 0 saturated carbocycles. The van der Waals surface area contributed by atoms with E-state index in [1.54, 1.807) is 6.07 Å². The Morgan fingerprint density at radius 1 is 0.917 bits per heavy atom. The summed E-state index contributed by atoms with van der Waals surface area (Å²) in [6.45, 7) is 2.75. The van der Waals surface area contributed by atoms with Gasteiger partial charge in [0, 0.05) is 24.8 Å². The number of ether oxygens (including phenoxy) is 1. The second-order valence-corrected chi connectivity index (χ2v) is 5.88. The second-order valence-electron chi connectivity index (χ2n) is 5.88. The maximum atomic E-state index is 12.4. The average Bonchev–Trinajstić information content (AvgIpc) is 2.62. The Balaban J connectivity index is 1.79. The van der Waals surface area contributed by atoms with Gasteiger partial charge in [-0.15, -0.1) is 0 Å². The lowest BCUT2D eigenvalue weighted by molar-refractivity contribution is 0.121. The number of morpholine rings is 1. The van der Waals surface area contributed by atoms with Crippen LogP contribution in [0.2, 0.25) is 0 Å². The lowest BCUT2D eigenvalue weighted by atomic mass is 10.0. The van der Waals surface area contributed by atoms with E-state index in [1.807, 2.05) is 47.4 Å². The summed E-state index contributed by atoms with van der Waals surface area (Å²) in [4.78, 5) is 14.4. The molecule has 1 aliphatic heterocycles. The van der Waals surface area contributed by atoms with Crippen molar-refractivity contribution in [1.29, 1.82) is 0 Å². The summed E-state index contributed by atoms with van der Waals surface area (Å²) in [5, 5.41) is 0.589. The van der Waals surface area contributed by atoms with E-state index in [9.17, 15) is 4.79 Å². The Morgan fingerprint density at radius 2 is 1.62 bits per heavy atom. The minimum absolute atomic E-state index is 0.0263. The predicted molar refractivity (Wildman–Crippen MR) is 95.4 cm³/mol. The molecule has 0 radical (unpaired) electrons. The first-order chi connectivity index (χ1) is 11.7. The Kier molecular flexibility index (Phi) is 3.70. The van der Waals surface area contributed by atoms with Crippen LogP contribution in [-0.4, -0.2) is 26.3 Å². The Hall–Kier alpha value is -2.79. The molecule has 5 nitrogen and oxygen atoms in total. The quantitative estimate of drug-likeness (QED) is 0.735. The highest BCUT2D eigenvalue weighted by Gasteiger charge is 2.15. The predicted octanol–water partition coefficient (Wildman–Crippen LogP) is 2.88. The van der Waals surface area contributed by atoms with Gasteiger partial charge >= 0.3 is 0 Å². The molecule has 0 unspecified atom stereocenters. The van der Waals surface area contributed by atoms with Gasteiger partial charge < -0.3 is 19.8 Å². The maximum absolute atomic E-state index is 12.4. The Labute approximate surface area is 139 Å².